The van der Waals surface area contributed by atoms with Gasteiger partial charge >= 0.3 is 5.69 Å². The Morgan fingerprint density at radius 3 is 2.60 bits per heavy atom. The SMILES string of the molecule is C=CN=C(SC)c1ccc(NC(=O)C(C)n2cnc3c2c(=O)n(C)c(=O)n3C)nc1. The summed E-state index contributed by atoms with van der Waals surface area (Å²) < 4.78 is 3.70. The highest BCUT2D eigenvalue weighted by Crippen LogP contribution is 2.17. The maximum atomic E-state index is 12.8. The Labute approximate surface area is 176 Å². The van der Waals surface area contributed by atoms with E-state index in [0.717, 1.165) is 15.2 Å². The number of hydrogen-bond donors (Lipinski definition) is 1. The molecule has 1 N–H and O–H groups in total. The molecule has 156 valence electrons. The molecule has 0 saturated carbocycles. The minimum Gasteiger partial charge on any atom is -0.312 e. The number of aryl methyl sites for hydroxylation is 1. The van der Waals surface area contributed by atoms with Crippen LogP contribution in [0.3, 0.4) is 0 Å². The summed E-state index contributed by atoms with van der Waals surface area (Å²) >= 11 is 1.46. The van der Waals surface area contributed by atoms with E-state index in [1.807, 2.05) is 6.26 Å². The summed E-state index contributed by atoms with van der Waals surface area (Å²) in [4.78, 5) is 50.0. The fourth-order valence-corrected chi connectivity index (χ4v) is 3.47. The van der Waals surface area contributed by atoms with Crippen molar-refractivity contribution in [3.63, 3.8) is 0 Å². The highest BCUT2D eigenvalue weighted by atomic mass is 32.2. The van der Waals surface area contributed by atoms with Crippen molar-refractivity contribution in [2.24, 2.45) is 19.1 Å². The van der Waals surface area contributed by atoms with Gasteiger partial charge in [0.1, 0.15) is 16.9 Å². The Bertz CT molecular complexity index is 1270. The Hall–Kier alpha value is -3.47. The fourth-order valence-electron chi connectivity index (χ4n) is 2.94. The van der Waals surface area contributed by atoms with Crippen molar-refractivity contribution in [1.29, 1.82) is 0 Å². The summed E-state index contributed by atoms with van der Waals surface area (Å²) in [6.07, 6.45) is 6.34. The third kappa shape index (κ3) is 3.71. The van der Waals surface area contributed by atoms with Gasteiger partial charge in [-0.3, -0.25) is 18.7 Å². The number of carbonyl (C=O) groups is 1. The molecule has 1 amide bonds. The molecule has 0 aliphatic heterocycles. The number of aromatic nitrogens is 5. The Morgan fingerprint density at radius 2 is 2.00 bits per heavy atom. The molecule has 10 nitrogen and oxygen atoms in total. The molecule has 3 heterocycles. The molecule has 3 aromatic heterocycles. The van der Waals surface area contributed by atoms with Crippen LogP contribution >= 0.6 is 11.8 Å². The van der Waals surface area contributed by atoms with E-state index < -0.39 is 17.3 Å². The highest BCUT2D eigenvalue weighted by molar-refractivity contribution is 8.13. The second kappa shape index (κ2) is 8.49. The minimum absolute atomic E-state index is 0.177. The van der Waals surface area contributed by atoms with E-state index >= 15 is 0 Å². The average Bonchev–Trinajstić information content (AvgIpc) is 3.20. The predicted molar refractivity (Wildman–Crippen MR) is 118 cm³/mol. The van der Waals surface area contributed by atoms with Crippen molar-refractivity contribution in [3.05, 3.63) is 63.8 Å². The van der Waals surface area contributed by atoms with E-state index in [9.17, 15) is 14.4 Å². The number of thioether (sulfide) groups is 1. The average molecular weight is 427 g/mol. The number of pyridine rings is 1. The number of amides is 1. The van der Waals surface area contributed by atoms with Crippen molar-refractivity contribution in [3.8, 4) is 0 Å². The first kappa shape index (κ1) is 21.2. The van der Waals surface area contributed by atoms with Crippen molar-refractivity contribution < 1.29 is 4.79 Å². The number of anilines is 1. The van der Waals surface area contributed by atoms with E-state index in [1.54, 1.807) is 25.3 Å². The summed E-state index contributed by atoms with van der Waals surface area (Å²) in [5.41, 5.74) is 0.202. The summed E-state index contributed by atoms with van der Waals surface area (Å²) in [5, 5.41) is 3.49. The zero-order chi connectivity index (χ0) is 22.0. The summed E-state index contributed by atoms with van der Waals surface area (Å²) in [6, 6.07) is 2.71. The van der Waals surface area contributed by atoms with Crippen LogP contribution in [-0.4, -0.2) is 40.9 Å². The number of imidazole rings is 1. The van der Waals surface area contributed by atoms with Crippen LogP contribution in [0.4, 0.5) is 5.82 Å². The van der Waals surface area contributed by atoms with Gasteiger partial charge in [-0.25, -0.2) is 19.8 Å². The van der Waals surface area contributed by atoms with Crippen LogP contribution in [0.25, 0.3) is 11.2 Å². The predicted octanol–water partition coefficient (Wildman–Crippen LogP) is 1.28. The second-order valence-electron chi connectivity index (χ2n) is 6.45. The van der Waals surface area contributed by atoms with Gasteiger partial charge in [0.2, 0.25) is 5.91 Å². The molecule has 0 radical (unpaired) electrons. The summed E-state index contributed by atoms with van der Waals surface area (Å²) in [6.45, 7) is 5.23. The molecule has 3 aromatic rings. The maximum absolute atomic E-state index is 12.8. The molecule has 0 saturated heterocycles. The lowest BCUT2D eigenvalue weighted by atomic mass is 10.2. The standard InChI is InChI=1S/C19H21N7O3S/c1-6-20-17(30-5)12-7-8-13(21-9-12)23-16(27)11(2)26-10-22-15-14(26)18(28)25(4)19(29)24(15)3/h6-11H,1H2,2-5H3,(H,21,23,27). The minimum atomic E-state index is -0.759. The third-order valence-corrected chi connectivity index (χ3v) is 5.36. The molecular formula is C19H21N7O3S. The van der Waals surface area contributed by atoms with E-state index in [4.69, 9.17) is 0 Å². The molecule has 0 spiro atoms. The van der Waals surface area contributed by atoms with Gasteiger partial charge in [0.15, 0.2) is 11.2 Å². The van der Waals surface area contributed by atoms with Gasteiger partial charge in [0, 0.05) is 32.1 Å². The maximum Gasteiger partial charge on any atom is 0.332 e. The zero-order valence-corrected chi connectivity index (χ0v) is 17.8. The van der Waals surface area contributed by atoms with Crippen LogP contribution in [0, 0.1) is 0 Å². The molecule has 0 aliphatic carbocycles. The van der Waals surface area contributed by atoms with Gasteiger partial charge in [-0.15, -0.1) is 11.8 Å². The number of nitrogens with one attached hydrogen (secondary N) is 1. The largest absolute Gasteiger partial charge is 0.332 e. The highest BCUT2D eigenvalue weighted by Gasteiger charge is 2.22. The number of fused-ring (bicyclic) bond motifs is 1. The first-order valence-corrected chi connectivity index (χ1v) is 10.1. The first-order valence-electron chi connectivity index (χ1n) is 8.92. The van der Waals surface area contributed by atoms with Crippen molar-refractivity contribution >= 4 is 39.7 Å². The Balaban J connectivity index is 1.88. The molecule has 3 rings (SSSR count). The van der Waals surface area contributed by atoms with Gasteiger partial charge in [-0.2, -0.15) is 0 Å². The number of nitrogens with zero attached hydrogens (tertiary/aromatic N) is 6. The molecule has 0 aromatic carbocycles. The van der Waals surface area contributed by atoms with Crippen molar-refractivity contribution in [2.75, 3.05) is 11.6 Å². The zero-order valence-electron chi connectivity index (χ0n) is 17.0. The molecule has 1 atom stereocenters. The number of rotatable bonds is 5. The lowest BCUT2D eigenvalue weighted by Crippen LogP contribution is -2.38. The number of carbonyl (C=O) groups excluding carboxylic acids is 1. The third-order valence-electron chi connectivity index (χ3n) is 4.63. The number of aliphatic imine (C=N–C) groups is 1. The Morgan fingerprint density at radius 1 is 1.27 bits per heavy atom. The smallest absolute Gasteiger partial charge is 0.312 e. The first-order chi connectivity index (χ1) is 14.3. The normalized spacial score (nSPS) is 12.7. The van der Waals surface area contributed by atoms with Crippen molar-refractivity contribution in [1.82, 2.24) is 23.7 Å². The quantitative estimate of drug-likeness (QED) is 0.484. The molecule has 11 heteroatoms. The molecule has 0 aliphatic rings. The second-order valence-corrected chi connectivity index (χ2v) is 7.24. The van der Waals surface area contributed by atoms with E-state index in [2.05, 4.69) is 26.9 Å². The molecule has 30 heavy (non-hydrogen) atoms. The van der Waals surface area contributed by atoms with Crippen molar-refractivity contribution in [2.45, 2.75) is 13.0 Å². The van der Waals surface area contributed by atoms with Crippen LogP contribution in [0.1, 0.15) is 18.5 Å². The molecule has 0 fully saturated rings. The van der Waals surface area contributed by atoms with E-state index in [1.165, 1.54) is 47.5 Å². The van der Waals surface area contributed by atoms with E-state index in [0.29, 0.717) is 5.82 Å². The van der Waals surface area contributed by atoms with Gasteiger partial charge in [-0.05, 0) is 25.3 Å². The van der Waals surface area contributed by atoms with Crippen LogP contribution < -0.4 is 16.6 Å². The topological polar surface area (TPSA) is 116 Å². The van der Waals surface area contributed by atoms with Crippen LogP contribution in [0.2, 0.25) is 0 Å². The molecule has 1 unspecified atom stereocenters. The summed E-state index contributed by atoms with van der Waals surface area (Å²) in [7, 11) is 2.91. The monoisotopic (exact) mass is 427 g/mol. The molecular weight excluding hydrogens is 406 g/mol. The lowest BCUT2D eigenvalue weighted by Gasteiger charge is -2.14. The van der Waals surface area contributed by atoms with Gasteiger partial charge in [0.25, 0.3) is 5.56 Å². The van der Waals surface area contributed by atoms with Gasteiger partial charge in [0.05, 0.1) is 6.33 Å². The number of hydrogen-bond acceptors (Lipinski definition) is 7. The van der Waals surface area contributed by atoms with E-state index in [-0.39, 0.29) is 17.1 Å². The fraction of sp³-hybridized carbons (Fsp3) is 0.263. The van der Waals surface area contributed by atoms with Gasteiger partial charge < -0.3 is 9.88 Å². The molecule has 0 bridgehead atoms. The van der Waals surface area contributed by atoms with Crippen LogP contribution in [-0.2, 0) is 18.9 Å². The van der Waals surface area contributed by atoms with Gasteiger partial charge in [-0.1, -0.05) is 6.58 Å². The van der Waals surface area contributed by atoms with Crippen LogP contribution in [0.15, 0.2) is 52.0 Å². The summed E-state index contributed by atoms with van der Waals surface area (Å²) in [5.74, 6) is -0.0188. The Kier molecular flexibility index (Phi) is 6.01. The lowest BCUT2D eigenvalue weighted by molar-refractivity contribution is -0.118. The van der Waals surface area contributed by atoms with Crippen LogP contribution in [0.5, 0.6) is 0 Å².